The highest BCUT2D eigenvalue weighted by Gasteiger charge is 2.33. The molecule has 0 aliphatic carbocycles. The SMILES string of the molecule is CC1CCN(S(=O)(=O)c2ccc(C(=O)N3CCCC(C4OCCO4)C3)cc2)CC1. The molecule has 3 aliphatic rings. The minimum atomic E-state index is -3.50. The van der Waals surface area contributed by atoms with Gasteiger partial charge in [0.1, 0.15) is 0 Å². The third-order valence-corrected chi connectivity index (χ3v) is 8.17. The second-order valence-corrected chi connectivity index (χ2v) is 10.3. The van der Waals surface area contributed by atoms with Crippen LogP contribution in [0.5, 0.6) is 0 Å². The van der Waals surface area contributed by atoms with Crippen molar-refractivity contribution in [3.8, 4) is 0 Å². The van der Waals surface area contributed by atoms with Crippen molar-refractivity contribution < 1.29 is 22.7 Å². The van der Waals surface area contributed by atoms with E-state index in [0.717, 1.165) is 25.7 Å². The summed E-state index contributed by atoms with van der Waals surface area (Å²) in [5.41, 5.74) is 0.519. The molecule has 1 aromatic carbocycles. The van der Waals surface area contributed by atoms with Crippen LogP contribution in [0.3, 0.4) is 0 Å². The van der Waals surface area contributed by atoms with Crippen LogP contribution >= 0.6 is 0 Å². The minimum absolute atomic E-state index is 0.0663. The summed E-state index contributed by atoms with van der Waals surface area (Å²) < 4.78 is 38.5. The zero-order chi connectivity index (χ0) is 20.4. The fourth-order valence-electron chi connectivity index (χ4n) is 4.39. The molecule has 0 spiro atoms. The molecule has 160 valence electrons. The molecule has 1 aromatic rings. The van der Waals surface area contributed by atoms with Gasteiger partial charge in [-0.1, -0.05) is 6.92 Å². The maximum atomic E-state index is 12.9. The number of amides is 1. The average Bonchev–Trinajstić information content (AvgIpc) is 3.29. The van der Waals surface area contributed by atoms with Gasteiger partial charge in [-0.25, -0.2) is 8.42 Å². The van der Waals surface area contributed by atoms with Crippen molar-refractivity contribution in [2.45, 2.75) is 43.8 Å². The predicted octanol–water partition coefficient (Wildman–Crippen LogP) is 2.33. The van der Waals surface area contributed by atoms with E-state index in [4.69, 9.17) is 9.47 Å². The number of piperidine rings is 2. The number of carbonyl (C=O) groups excluding carboxylic acids is 1. The summed E-state index contributed by atoms with van der Waals surface area (Å²) in [5, 5.41) is 0. The molecule has 3 fully saturated rings. The Labute approximate surface area is 173 Å². The molecule has 0 radical (unpaired) electrons. The molecule has 1 unspecified atom stereocenters. The minimum Gasteiger partial charge on any atom is -0.350 e. The van der Waals surface area contributed by atoms with Gasteiger partial charge in [0.15, 0.2) is 6.29 Å². The molecule has 1 amide bonds. The highest BCUT2D eigenvalue weighted by Crippen LogP contribution is 2.27. The lowest BCUT2D eigenvalue weighted by molar-refractivity contribution is -0.0969. The molecule has 0 bridgehead atoms. The summed E-state index contributed by atoms with van der Waals surface area (Å²) in [7, 11) is -3.50. The maximum Gasteiger partial charge on any atom is 0.253 e. The topological polar surface area (TPSA) is 76.2 Å². The predicted molar refractivity (Wildman–Crippen MR) is 108 cm³/mol. The van der Waals surface area contributed by atoms with Crippen LogP contribution in [0.25, 0.3) is 0 Å². The third-order valence-electron chi connectivity index (χ3n) is 6.26. The number of hydrogen-bond acceptors (Lipinski definition) is 5. The van der Waals surface area contributed by atoms with E-state index >= 15 is 0 Å². The zero-order valence-electron chi connectivity index (χ0n) is 17.0. The Hall–Kier alpha value is -1.48. The van der Waals surface area contributed by atoms with Crippen molar-refractivity contribution in [3.05, 3.63) is 29.8 Å². The van der Waals surface area contributed by atoms with Gasteiger partial charge >= 0.3 is 0 Å². The molecule has 4 rings (SSSR count). The summed E-state index contributed by atoms with van der Waals surface area (Å²) in [4.78, 5) is 15.0. The van der Waals surface area contributed by atoms with Gasteiger partial charge in [0.2, 0.25) is 10.0 Å². The van der Waals surface area contributed by atoms with Crippen molar-refractivity contribution in [3.63, 3.8) is 0 Å². The molecule has 0 N–H and O–H groups in total. The quantitative estimate of drug-likeness (QED) is 0.744. The van der Waals surface area contributed by atoms with Crippen molar-refractivity contribution >= 4 is 15.9 Å². The van der Waals surface area contributed by atoms with Crippen LogP contribution in [0.4, 0.5) is 0 Å². The average molecular weight is 423 g/mol. The normalized spacial score (nSPS) is 25.4. The molecule has 3 aliphatic heterocycles. The van der Waals surface area contributed by atoms with E-state index in [0.29, 0.717) is 50.9 Å². The molecule has 3 saturated heterocycles. The van der Waals surface area contributed by atoms with E-state index in [1.807, 2.05) is 4.90 Å². The standard InChI is InChI=1S/C21H30N2O5S/c1-16-8-11-23(12-9-16)29(25,26)19-6-4-17(5-7-19)20(24)22-10-2-3-18(15-22)21-27-13-14-28-21/h4-7,16,18,21H,2-3,8-15H2,1H3. The Kier molecular flexibility index (Phi) is 6.24. The fourth-order valence-corrected chi connectivity index (χ4v) is 5.86. The van der Waals surface area contributed by atoms with Crippen LogP contribution in [-0.4, -0.2) is 69.2 Å². The number of nitrogens with zero attached hydrogens (tertiary/aromatic N) is 2. The van der Waals surface area contributed by atoms with Crippen molar-refractivity contribution in [1.29, 1.82) is 0 Å². The number of carbonyl (C=O) groups is 1. The largest absolute Gasteiger partial charge is 0.350 e. The molecule has 0 aromatic heterocycles. The summed E-state index contributed by atoms with van der Waals surface area (Å²) in [5.74, 6) is 0.689. The molecule has 0 saturated carbocycles. The Morgan fingerprint density at radius 2 is 1.66 bits per heavy atom. The van der Waals surface area contributed by atoms with Gasteiger partial charge in [0, 0.05) is 37.7 Å². The number of ether oxygens (including phenoxy) is 2. The van der Waals surface area contributed by atoms with E-state index in [2.05, 4.69) is 6.92 Å². The third kappa shape index (κ3) is 4.50. The first kappa shape index (κ1) is 20.8. The maximum absolute atomic E-state index is 12.9. The van der Waals surface area contributed by atoms with E-state index < -0.39 is 10.0 Å². The van der Waals surface area contributed by atoms with Crippen LogP contribution in [0.2, 0.25) is 0 Å². The summed E-state index contributed by atoms with van der Waals surface area (Å²) in [6, 6.07) is 6.39. The van der Waals surface area contributed by atoms with Gasteiger partial charge in [0.05, 0.1) is 18.1 Å². The lowest BCUT2D eigenvalue weighted by atomic mass is 9.96. The molecule has 8 heteroatoms. The van der Waals surface area contributed by atoms with Gasteiger partial charge in [-0.15, -0.1) is 0 Å². The smallest absolute Gasteiger partial charge is 0.253 e. The second-order valence-electron chi connectivity index (χ2n) is 8.37. The van der Waals surface area contributed by atoms with E-state index in [1.165, 1.54) is 0 Å². The Balaban J connectivity index is 1.42. The molecule has 3 heterocycles. The lowest BCUT2D eigenvalue weighted by Gasteiger charge is -2.34. The van der Waals surface area contributed by atoms with Crippen LogP contribution in [0.1, 0.15) is 43.0 Å². The molecule has 7 nitrogen and oxygen atoms in total. The molecule has 1 atom stereocenters. The van der Waals surface area contributed by atoms with Gasteiger partial charge < -0.3 is 14.4 Å². The van der Waals surface area contributed by atoms with E-state index in [9.17, 15) is 13.2 Å². The lowest BCUT2D eigenvalue weighted by Crippen LogP contribution is -2.43. The van der Waals surface area contributed by atoms with Crippen LogP contribution in [-0.2, 0) is 19.5 Å². The number of likely N-dealkylation sites (tertiary alicyclic amines) is 1. The second kappa shape index (κ2) is 8.71. The number of rotatable bonds is 4. The first-order valence-corrected chi connectivity index (χ1v) is 12.0. The number of benzene rings is 1. The molecular formula is C21H30N2O5S. The van der Waals surface area contributed by atoms with Crippen LogP contribution < -0.4 is 0 Å². The first-order valence-electron chi connectivity index (χ1n) is 10.6. The number of hydrogen-bond donors (Lipinski definition) is 0. The fraction of sp³-hybridized carbons (Fsp3) is 0.667. The van der Waals surface area contributed by atoms with Gasteiger partial charge in [-0.05, 0) is 55.9 Å². The van der Waals surface area contributed by atoms with Crippen molar-refractivity contribution in [2.24, 2.45) is 11.8 Å². The van der Waals surface area contributed by atoms with E-state index in [-0.39, 0.29) is 23.0 Å². The van der Waals surface area contributed by atoms with Crippen molar-refractivity contribution in [1.82, 2.24) is 9.21 Å². The van der Waals surface area contributed by atoms with Gasteiger partial charge in [0.25, 0.3) is 5.91 Å². The molecular weight excluding hydrogens is 392 g/mol. The van der Waals surface area contributed by atoms with Crippen LogP contribution in [0, 0.1) is 11.8 Å². The highest BCUT2D eigenvalue weighted by atomic mass is 32.2. The monoisotopic (exact) mass is 422 g/mol. The van der Waals surface area contributed by atoms with Crippen LogP contribution in [0.15, 0.2) is 29.2 Å². The Bertz CT molecular complexity index is 812. The summed E-state index contributed by atoms with van der Waals surface area (Å²) in [6.45, 7) is 5.81. The number of sulfonamides is 1. The summed E-state index contributed by atoms with van der Waals surface area (Å²) >= 11 is 0. The zero-order valence-corrected chi connectivity index (χ0v) is 17.8. The van der Waals surface area contributed by atoms with Gasteiger partial charge in [-0.2, -0.15) is 4.31 Å². The van der Waals surface area contributed by atoms with Crippen molar-refractivity contribution in [2.75, 3.05) is 39.4 Å². The highest BCUT2D eigenvalue weighted by molar-refractivity contribution is 7.89. The first-order chi connectivity index (χ1) is 13.9. The Morgan fingerprint density at radius 1 is 1.00 bits per heavy atom. The van der Waals surface area contributed by atoms with E-state index in [1.54, 1.807) is 28.6 Å². The van der Waals surface area contributed by atoms with Gasteiger partial charge in [-0.3, -0.25) is 4.79 Å². The Morgan fingerprint density at radius 3 is 2.31 bits per heavy atom. The molecule has 29 heavy (non-hydrogen) atoms. The summed E-state index contributed by atoms with van der Waals surface area (Å²) in [6.07, 6.45) is 3.46.